The Balaban J connectivity index is 1.91. The zero-order valence-corrected chi connectivity index (χ0v) is 12.0. The van der Waals surface area contributed by atoms with E-state index in [0.29, 0.717) is 24.9 Å². The van der Waals surface area contributed by atoms with Crippen LogP contribution in [0, 0.1) is 5.92 Å². The quantitative estimate of drug-likeness (QED) is 0.614. The Morgan fingerprint density at radius 2 is 2.14 bits per heavy atom. The minimum atomic E-state index is -0.600. The first-order valence-corrected chi connectivity index (χ1v) is 7.03. The van der Waals surface area contributed by atoms with E-state index in [4.69, 9.17) is 5.73 Å². The molecule has 1 fully saturated rings. The molecule has 0 aromatic heterocycles. The van der Waals surface area contributed by atoms with Crippen LogP contribution in [0.2, 0.25) is 0 Å². The third-order valence-corrected chi connectivity index (χ3v) is 3.83. The number of carbonyl (C=O) groups is 2. The van der Waals surface area contributed by atoms with Gasteiger partial charge < -0.3 is 21.5 Å². The largest absolute Gasteiger partial charge is 0.391 e. The number of aliphatic hydroxyl groups is 1. The lowest BCUT2D eigenvalue weighted by Gasteiger charge is -2.11. The van der Waals surface area contributed by atoms with Gasteiger partial charge in [0, 0.05) is 31.1 Å². The summed E-state index contributed by atoms with van der Waals surface area (Å²) in [6, 6.07) is 6.77. The van der Waals surface area contributed by atoms with Crippen molar-refractivity contribution in [2.75, 3.05) is 7.05 Å². The Morgan fingerprint density at radius 1 is 1.38 bits per heavy atom. The van der Waals surface area contributed by atoms with Crippen LogP contribution in [-0.4, -0.2) is 36.1 Å². The van der Waals surface area contributed by atoms with Gasteiger partial charge >= 0.3 is 0 Å². The number of amides is 2. The molecule has 3 atom stereocenters. The number of rotatable bonds is 4. The molecule has 1 aliphatic carbocycles. The Bertz CT molecular complexity index is 523. The van der Waals surface area contributed by atoms with Gasteiger partial charge in [-0.25, -0.2) is 0 Å². The predicted octanol–water partition coefficient (Wildman–Crippen LogP) is -0.239. The molecule has 2 rings (SSSR count). The molecule has 0 aliphatic heterocycles. The van der Waals surface area contributed by atoms with Crippen molar-refractivity contribution >= 4 is 11.8 Å². The van der Waals surface area contributed by atoms with E-state index in [1.165, 1.54) is 0 Å². The molecule has 6 heteroatoms. The normalized spacial score (nSPS) is 24.6. The number of hydrogen-bond donors (Lipinski definition) is 4. The highest BCUT2D eigenvalue weighted by Gasteiger charge is 2.34. The number of nitrogens with two attached hydrogens (primary N) is 1. The maximum absolute atomic E-state index is 12.0. The molecule has 0 bridgehead atoms. The van der Waals surface area contributed by atoms with Gasteiger partial charge in [0.15, 0.2) is 0 Å². The van der Waals surface area contributed by atoms with E-state index in [9.17, 15) is 14.7 Å². The molecule has 1 saturated carbocycles. The van der Waals surface area contributed by atoms with Crippen LogP contribution in [0.15, 0.2) is 24.3 Å². The van der Waals surface area contributed by atoms with Crippen LogP contribution in [0.25, 0.3) is 0 Å². The molecule has 1 aromatic rings. The van der Waals surface area contributed by atoms with Gasteiger partial charge in [-0.05, 0) is 30.5 Å². The smallest absolute Gasteiger partial charge is 0.251 e. The van der Waals surface area contributed by atoms with Crippen molar-refractivity contribution in [3.8, 4) is 0 Å². The second-order valence-electron chi connectivity index (χ2n) is 5.40. The van der Waals surface area contributed by atoms with Crippen LogP contribution < -0.4 is 16.4 Å². The van der Waals surface area contributed by atoms with Crippen LogP contribution in [0.4, 0.5) is 0 Å². The maximum Gasteiger partial charge on any atom is 0.251 e. The first kappa shape index (κ1) is 15.5. The second-order valence-corrected chi connectivity index (χ2v) is 5.40. The highest BCUT2D eigenvalue weighted by molar-refractivity contribution is 5.94. The number of benzene rings is 1. The van der Waals surface area contributed by atoms with E-state index < -0.39 is 6.10 Å². The van der Waals surface area contributed by atoms with Gasteiger partial charge in [-0.15, -0.1) is 0 Å². The molecule has 0 radical (unpaired) electrons. The van der Waals surface area contributed by atoms with E-state index in [0.717, 1.165) is 5.56 Å². The van der Waals surface area contributed by atoms with E-state index in [1.807, 2.05) is 6.07 Å². The monoisotopic (exact) mass is 291 g/mol. The Hall–Kier alpha value is -1.92. The molecule has 6 nitrogen and oxygen atoms in total. The fourth-order valence-corrected chi connectivity index (χ4v) is 2.56. The highest BCUT2D eigenvalue weighted by Crippen LogP contribution is 2.24. The molecule has 1 aromatic carbocycles. The Labute approximate surface area is 123 Å². The van der Waals surface area contributed by atoms with Gasteiger partial charge in [-0.1, -0.05) is 12.1 Å². The summed E-state index contributed by atoms with van der Waals surface area (Å²) in [7, 11) is 1.57. The fourth-order valence-electron chi connectivity index (χ4n) is 2.56. The summed E-state index contributed by atoms with van der Waals surface area (Å²) in [5, 5.41) is 15.0. The molecule has 0 heterocycles. The van der Waals surface area contributed by atoms with Crippen molar-refractivity contribution in [3.05, 3.63) is 35.4 Å². The summed E-state index contributed by atoms with van der Waals surface area (Å²) < 4.78 is 0. The number of aliphatic hydroxyl groups excluding tert-OH is 1. The molecule has 2 amide bonds. The zero-order valence-electron chi connectivity index (χ0n) is 12.0. The third kappa shape index (κ3) is 3.80. The molecular formula is C15H21N3O3. The number of hydrogen-bond acceptors (Lipinski definition) is 4. The van der Waals surface area contributed by atoms with Crippen LogP contribution in [-0.2, 0) is 11.3 Å². The average molecular weight is 291 g/mol. The topological polar surface area (TPSA) is 104 Å². The predicted molar refractivity (Wildman–Crippen MR) is 78.4 cm³/mol. The summed E-state index contributed by atoms with van der Waals surface area (Å²) in [6.45, 7) is 0.353. The summed E-state index contributed by atoms with van der Waals surface area (Å²) in [5.41, 5.74) is 7.12. The molecular weight excluding hydrogens is 270 g/mol. The van der Waals surface area contributed by atoms with E-state index in [1.54, 1.807) is 25.2 Å². The summed E-state index contributed by atoms with van der Waals surface area (Å²) in [5.74, 6) is -0.502. The van der Waals surface area contributed by atoms with E-state index in [-0.39, 0.29) is 23.8 Å². The lowest BCUT2D eigenvalue weighted by atomic mass is 10.1. The van der Waals surface area contributed by atoms with Gasteiger partial charge in [0.05, 0.1) is 6.10 Å². The number of nitrogens with one attached hydrogen (secondary N) is 2. The lowest BCUT2D eigenvalue weighted by Crippen LogP contribution is -2.30. The highest BCUT2D eigenvalue weighted by atomic mass is 16.3. The minimum Gasteiger partial charge on any atom is -0.391 e. The van der Waals surface area contributed by atoms with Crippen LogP contribution in [0.3, 0.4) is 0 Å². The van der Waals surface area contributed by atoms with E-state index in [2.05, 4.69) is 10.6 Å². The SMILES string of the molecule is CNC(=O)c1cccc(CNC(=O)[C@H]2C[C@@H](N)[C@H](O)C2)c1. The van der Waals surface area contributed by atoms with Crippen molar-refractivity contribution < 1.29 is 14.7 Å². The van der Waals surface area contributed by atoms with E-state index >= 15 is 0 Å². The minimum absolute atomic E-state index is 0.104. The summed E-state index contributed by atoms with van der Waals surface area (Å²) in [4.78, 5) is 23.6. The fraction of sp³-hybridized carbons (Fsp3) is 0.467. The zero-order chi connectivity index (χ0) is 15.4. The average Bonchev–Trinajstić information content (AvgIpc) is 2.84. The molecule has 0 spiro atoms. The molecule has 1 aliphatic rings. The van der Waals surface area contributed by atoms with Crippen LogP contribution in [0.5, 0.6) is 0 Å². The van der Waals surface area contributed by atoms with Gasteiger partial charge in [0.2, 0.25) is 5.91 Å². The summed E-state index contributed by atoms with van der Waals surface area (Å²) >= 11 is 0. The maximum atomic E-state index is 12.0. The van der Waals surface area contributed by atoms with Crippen LogP contribution >= 0.6 is 0 Å². The van der Waals surface area contributed by atoms with Crippen molar-refractivity contribution in [1.82, 2.24) is 10.6 Å². The number of carbonyl (C=O) groups excluding carboxylic acids is 2. The standard InChI is InChI=1S/C15H21N3O3/c1-17-14(20)10-4-2-3-9(5-10)8-18-15(21)11-6-12(16)13(19)7-11/h2-5,11-13,19H,6-8,16H2,1H3,(H,17,20)(H,18,21)/t11-,12+,13+/m0/s1. The Kier molecular flexibility index (Phi) is 4.93. The lowest BCUT2D eigenvalue weighted by molar-refractivity contribution is -0.125. The van der Waals surface area contributed by atoms with Crippen molar-refractivity contribution in [2.24, 2.45) is 11.7 Å². The van der Waals surface area contributed by atoms with Crippen molar-refractivity contribution in [1.29, 1.82) is 0 Å². The van der Waals surface area contributed by atoms with Gasteiger partial charge in [0.25, 0.3) is 5.91 Å². The third-order valence-electron chi connectivity index (χ3n) is 3.83. The molecule has 0 unspecified atom stereocenters. The molecule has 5 N–H and O–H groups in total. The molecule has 0 saturated heterocycles. The first-order valence-electron chi connectivity index (χ1n) is 7.03. The van der Waals surface area contributed by atoms with Gasteiger partial charge in [-0.2, -0.15) is 0 Å². The molecule has 114 valence electrons. The molecule has 21 heavy (non-hydrogen) atoms. The van der Waals surface area contributed by atoms with Crippen molar-refractivity contribution in [3.63, 3.8) is 0 Å². The summed E-state index contributed by atoms with van der Waals surface area (Å²) in [6.07, 6.45) is 0.314. The second kappa shape index (κ2) is 6.69. The van der Waals surface area contributed by atoms with Crippen molar-refractivity contribution in [2.45, 2.75) is 31.5 Å². The van der Waals surface area contributed by atoms with Crippen LogP contribution in [0.1, 0.15) is 28.8 Å². The Morgan fingerprint density at radius 3 is 2.76 bits per heavy atom. The van der Waals surface area contributed by atoms with Gasteiger partial charge in [-0.3, -0.25) is 9.59 Å². The first-order chi connectivity index (χ1) is 10.0. The van der Waals surface area contributed by atoms with Gasteiger partial charge in [0.1, 0.15) is 0 Å².